The smallest absolute Gasteiger partial charge is 0.293 e. The van der Waals surface area contributed by atoms with Crippen molar-refractivity contribution in [1.29, 1.82) is 0 Å². The summed E-state index contributed by atoms with van der Waals surface area (Å²) in [6, 6.07) is 22.0. The van der Waals surface area contributed by atoms with Crippen LogP contribution in [0, 0.1) is 10.1 Å². The van der Waals surface area contributed by atoms with Crippen LogP contribution in [0.1, 0.15) is 15.9 Å². The molecule has 0 bridgehead atoms. The highest BCUT2D eigenvalue weighted by Gasteiger charge is 2.17. The fourth-order valence-electron chi connectivity index (χ4n) is 3.21. The van der Waals surface area contributed by atoms with Crippen LogP contribution >= 0.6 is 0 Å². The molecule has 0 aromatic heterocycles. The van der Waals surface area contributed by atoms with Gasteiger partial charge in [0.1, 0.15) is 5.69 Å². The first-order chi connectivity index (χ1) is 15.5. The second-order valence-corrected chi connectivity index (χ2v) is 7.25. The number of rotatable bonds is 10. The first kappa shape index (κ1) is 22.8. The van der Waals surface area contributed by atoms with E-state index in [2.05, 4.69) is 27.7 Å². The molecule has 0 aliphatic heterocycles. The molecule has 3 aromatic rings. The van der Waals surface area contributed by atoms with Gasteiger partial charge in [-0.15, -0.1) is 0 Å². The van der Waals surface area contributed by atoms with E-state index in [4.69, 9.17) is 4.74 Å². The van der Waals surface area contributed by atoms with Crippen LogP contribution in [0.2, 0.25) is 0 Å². The molecule has 0 unspecified atom stereocenters. The highest BCUT2D eigenvalue weighted by Crippen LogP contribution is 2.26. The zero-order valence-electron chi connectivity index (χ0n) is 18.1. The maximum atomic E-state index is 12.6. The molecule has 0 aliphatic carbocycles. The molecule has 3 aromatic carbocycles. The van der Waals surface area contributed by atoms with Crippen molar-refractivity contribution in [3.05, 3.63) is 94.0 Å². The van der Waals surface area contributed by atoms with E-state index in [1.165, 1.54) is 17.7 Å². The Labute approximate surface area is 187 Å². The monoisotopic (exact) mass is 434 g/mol. The topological polar surface area (TPSA) is 96.7 Å². The van der Waals surface area contributed by atoms with Gasteiger partial charge in [-0.2, -0.15) is 0 Å². The zero-order chi connectivity index (χ0) is 22.9. The van der Waals surface area contributed by atoms with Crippen LogP contribution in [0.15, 0.2) is 72.8 Å². The minimum absolute atomic E-state index is 0.161. The average Bonchev–Trinajstić information content (AvgIpc) is 2.80. The molecule has 0 spiro atoms. The van der Waals surface area contributed by atoms with Gasteiger partial charge in [0.15, 0.2) is 0 Å². The molecule has 0 aliphatic rings. The van der Waals surface area contributed by atoms with Gasteiger partial charge in [0.05, 0.1) is 11.5 Å². The molecule has 3 rings (SSSR count). The largest absolute Gasteiger partial charge is 0.383 e. The maximum Gasteiger partial charge on any atom is 0.293 e. The first-order valence-corrected chi connectivity index (χ1v) is 10.2. The quantitative estimate of drug-likeness (QED) is 0.276. The zero-order valence-corrected chi connectivity index (χ0v) is 18.1. The standard InChI is InChI=1S/C24H26N4O4/c1-27(17-18-6-4-3-5-7-18)21-11-9-20(10-12-21)26-24(29)19-8-13-22(25-14-15-32-2)23(16-19)28(30)31/h3-13,16,25H,14-15,17H2,1-2H3,(H,26,29). The minimum atomic E-state index is -0.511. The van der Waals surface area contributed by atoms with Crippen molar-refractivity contribution >= 4 is 28.7 Å². The normalized spacial score (nSPS) is 10.4. The van der Waals surface area contributed by atoms with Crippen molar-refractivity contribution in [3.63, 3.8) is 0 Å². The predicted octanol–water partition coefficient (Wildman–Crippen LogP) is 4.54. The molecular weight excluding hydrogens is 408 g/mol. The molecular formula is C24H26N4O4. The Morgan fingerprint density at radius 2 is 1.78 bits per heavy atom. The lowest BCUT2D eigenvalue weighted by atomic mass is 10.1. The molecule has 8 heteroatoms. The number of ether oxygens (including phenoxy) is 1. The molecule has 0 fully saturated rings. The number of carbonyl (C=O) groups excluding carboxylic acids is 1. The number of hydrogen-bond acceptors (Lipinski definition) is 6. The SMILES string of the molecule is COCCNc1ccc(C(=O)Nc2ccc(N(C)Cc3ccccc3)cc2)cc1[N+](=O)[O-]. The lowest BCUT2D eigenvalue weighted by Gasteiger charge is -2.20. The van der Waals surface area contributed by atoms with Gasteiger partial charge < -0.3 is 20.3 Å². The van der Waals surface area contributed by atoms with Gasteiger partial charge in [-0.05, 0) is 42.0 Å². The molecule has 1 amide bonds. The number of methoxy groups -OCH3 is 1. The van der Waals surface area contributed by atoms with Gasteiger partial charge in [-0.25, -0.2) is 0 Å². The van der Waals surface area contributed by atoms with Crippen molar-refractivity contribution in [1.82, 2.24) is 0 Å². The van der Waals surface area contributed by atoms with Gasteiger partial charge in [-0.3, -0.25) is 14.9 Å². The lowest BCUT2D eigenvalue weighted by molar-refractivity contribution is -0.384. The molecule has 0 radical (unpaired) electrons. The number of nitrogens with one attached hydrogen (secondary N) is 2. The molecule has 166 valence electrons. The van der Waals surface area contributed by atoms with E-state index in [9.17, 15) is 14.9 Å². The number of hydrogen-bond donors (Lipinski definition) is 2. The number of anilines is 3. The van der Waals surface area contributed by atoms with Crippen LogP contribution in [0.5, 0.6) is 0 Å². The Morgan fingerprint density at radius 3 is 2.44 bits per heavy atom. The van der Waals surface area contributed by atoms with E-state index in [0.29, 0.717) is 24.5 Å². The minimum Gasteiger partial charge on any atom is -0.383 e. The number of nitro benzene ring substituents is 1. The van der Waals surface area contributed by atoms with E-state index < -0.39 is 10.8 Å². The Morgan fingerprint density at radius 1 is 1.06 bits per heavy atom. The number of nitrogens with zero attached hydrogens (tertiary/aromatic N) is 2. The third-order valence-corrected chi connectivity index (χ3v) is 4.91. The van der Waals surface area contributed by atoms with Gasteiger partial charge in [0.25, 0.3) is 11.6 Å². The summed E-state index contributed by atoms with van der Waals surface area (Å²) >= 11 is 0. The Balaban J connectivity index is 1.66. The van der Waals surface area contributed by atoms with Gasteiger partial charge in [0, 0.05) is 50.3 Å². The summed E-state index contributed by atoms with van der Waals surface area (Å²) in [7, 11) is 3.55. The molecule has 8 nitrogen and oxygen atoms in total. The number of amides is 1. The highest BCUT2D eigenvalue weighted by atomic mass is 16.6. The van der Waals surface area contributed by atoms with E-state index >= 15 is 0 Å². The summed E-state index contributed by atoms with van der Waals surface area (Å²) in [5, 5.41) is 17.2. The van der Waals surface area contributed by atoms with Crippen molar-refractivity contribution in [3.8, 4) is 0 Å². The number of nitro groups is 1. The summed E-state index contributed by atoms with van der Waals surface area (Å²) in [4.78, 5) is 25.7. The summed E-state index contributed by atoms with van der Waals surface area (Å²) in [6.07, 6.45) is 0. The molecule has 32 heavy (non-hydrogen) atoms. The van der Waals surface area contributed by atoms with Crippen molar-refractivity contribution < 1.29 is 14.5 Å². The average molecular weight is 434 g/mol. The molecule has 0 heterocycles. The summed E-state index contributed by atoms with van der Waals surface area (Å²) < 4.78 is 4.95. The van der Waals surface area contributed by atoms with Crippen LogP contribution in [-0.4, -0.2) is 38.1 Å². The molecule has 2 N–H and O–H groups in total. The number of carbonyl (C=O) groups is 1. The third kappa shape index (κ3) is 6.05. The van der Waals surface area contributed by atoms with Crippen LogP contribution in [0.3, 0.4) is 0 Å². The predicted molar refractivity (Wildman–Crippen MR) is 126 cm³/mol. The molecule has 0 atom stereocenters. The van der Waals surface area contributed by atoms with Crippen LogP contribution in [0.4, 0.5) is 22.7 Å². The van der Waals surface area contributed by atoms with Gasteiger partial charge in [0.2, 0.25) is 0 Å². The van der Waals surface area contributed by atoms with E-state index in [1.54, 1.807) is 13.2 Å². The van der Waals surface area contributed by atoms with Crippen molar-refractivity contribution in [2.45, 2.75) is 6.54 Å². The summed E-state index contributed by atoms with van der Waals surface area (Å²) in [6.45, 7) is 1.60. The maximum absolute atomic E-state index is 12.6. The van der Waals surface area contributed by atoms with E-state index in [1.807, 2.05) is 49.5 Å². The highest BCUT2D eigenvalue weighted by molar-refractivity contribution is 6.05. The fraction of sp³-hybridized carbons (Fsp3) is 0.208. The van der Waals surface area contributed by atoms with Crippen molar-refractivity contribution in [2.75, 3.05) is 42.8 Å². The second kappa shape index (κ2) is 10.9. The first-order valence-electron chi connectivity index (χ1n) is 10.2. The summed E-state index contributed by atoms with van der Waals surface area (Å²) in [5.41, 5.74) is 3.21. The van der Waals surface area contributed by atoms with E-state index in [-0.39, 0.29) is 11.3 Å². The van der Waals surface area contributed by atoms with Crippen LogP contribution in [-0.2, 0) is 11.3 Å². The molecule has 0 saturated carbocycles. The summed E-state index contributed by atoms with van der Waals surface area (Å²) in [5.74, 6) is -0.415. The van der Waals surface area contributed by atoms with Gasteiger partial charge >= 0.3 is 0 Å². The number of benzene rings is 3. The van der Waals surface area contributed by atoms with Gasteiger partial charge in [-0.1, -0.05) is 30.3 Å². The Kier molecular flexibility index (Phi) is 7.77. The lowest BCUT2D eigenvalue weighted by Crippen LogP contribution is -2.16. The molecule has 0 saturated heterocycles. The Bertz CT molecular complexity index is 1060. The second-order valence-electron chi connectivity index (χ2n) is 7.25. The third-order valence-electron chi connectivity index (χ3n) is 4.91. The van der Waals surface area contributed by atoms with Crippen LogP contribution < -0.4 is 15.5 Å². The fourth-order valence-corrected chi connectivity index (χ4v) is 3.21. The van der Waals surface area contributed by atoms with Crippen LogP contribution in [0.25, 0.3) is 0 Å². The van der Waals surface area contributed by atoms with E-state index in [0.717, 1.165) is 12.2 Å². The Hall–Kier alpha value is -3.91. The van der Waals surface area contributed by atoms with Crippen molar-refractivity contribution in [2.24, 2.45) is 0 Å².